The van der Waals surface area contributed by atoms with Crippen LogP contribution in [-0.4, -0.2) is 27.3 Å². The van der Waals surface area contributed by atoms with Crippen LogP contribution in [-0.2, 0) is 11.3 Å². The van der Waals surface area contributed by atoms with Crippen LogP contribution in [0.4, 0.5) is 0 Å². The number of halogens is 1. The number of hydrogen-bond acceptors (Lipinski definition) is 3. The predicted octanol–water partition coefficient (Wildman–Crippen LogP) is 3.12. The molecule has 118 valence electrons. The van der Waals surface area contributed by atoms with E-state index in [0.29, 0.717) is 41.3 Å². The van der Waals surface area contributed by atoms with Gasteiger partial charge in [-0.05, 0) is 31.0 Å². The maximum Gasteiger partial charge on any atom is 0.258 e. The molecule has 1 aromatic carbocycles. The average Bonchev–Trinajstić information content (AvgIpc) is 2.46. The second kappa shape index (κ2) is 7.40. The highest BCUT2D eigenvalue weighted by molar-refractivity contribution is 6.31. The van der Waals surface area contributed by atoms with Gasteiger partial charge in [-0.2, -0.15) is 0 Å². The minimum Gasteiger partial charge on any atom is -0.335 e. The summed E-state index contributed by atoms with van der Waals surface area (Å²) in [6.07, 6.45) is 2.17. The molecule has 2 rings (SSSR count). The summed E-state index contributed by atoms with van der Waals surface area (Å²) in [5.74, 6) is 0.566. The molecular formula is C16H20ClN3O2. The average molecular weight is 322 g/mol. The van der Waals surface area contributed by atoms with Crippen LogP contribution in [0.5, 0.6) is 0 Å². The number of amides is 1. The van der Waals surface area contributed by atoms with Gasteiger partial charge < -0.3 is 9.88 Å². The number of rotatable bonds is 6. The number of fused-ring (bicyclic) bond motifs is 1. The molecule has 1 N–H and O–H groups in total. The zero-order valence-electron chi connectivity index (χ0n) is 12.9. The van der Waals surface area contributed by atoms with Gasteiger partial charge in [-0.25, -0.2) is 4.98 Å². The highest BCUT2D eigenvalue weighted by atomic mass is 35.5. The van der Waals surface area contributed by atoms with E-state index in [9.17, 15) is 9.59 Å². The fourth-order valence-corrected chi connectivity index (χ4v) is 2.52. The molecule has 0 saturated carbocycles. The number of carbonyl (C=O) groups excluding carboxylic acids is 1. The van der Waals surface area contributed by atoms with Crippen LogP contribution in [0.2, 0.25) is 5.02 Å². The topological polar surface area (TPSA) is 66.1 Å². The van der Waals surface area contributed by atoms with E-state index in [4.69, 9.17) is 11.6 Å². The van der Waals surface area contributed by atoms with Crippen molar-refractivity contribution in [3.63, 3.8) is 0 Å². The molecule has 6 heteroatoms. The van der Waals surface area contributed by atoms with Crippen LogP contribution in [0, 0.1) is 0 Å². The normalized spacial score (nSPS) is 10.9. The predicted molar refractivity (Wildman–Crippen MR) is 88.0 cm³/mol. The molecule has 0 spiro atoms. The van der Waals surface area contributed by atoms with Crippen molar-refractivity contribution in [3.8, 4) is 0 Å². The number of aromatic amines is 1. The van der Waals surface area contributed by atoms with E-state index in [1.165, 1.54) is 0 Å². The summed E-state index contributed by atoms with van der Waals surface area (Å²) >= 11 is 5.95. The summed E-state index contributed by atoms with van der Waals surface area (Å²) in [5.41, 5.74) is 0.335. The molecule has 0 atom stereocenters. The smallest absolute Gasteiger partial charge is 0.258 e. The van der Waals surface area contributed by atoms with Gasteiger partial charge in [0.15, 0.2) is 0 Å². The maximum absolute atomic E-state index is 12.1. The van der Waals surface area contributed by atoms with E-state index in [1.54, 1.807) is 23.1 Å². The van der Waals surface area contributed by atoms with Gasteiger partial charge in [0, 0.05) is 18.0 Å². The zero-order valence-corrected chi connectivity index (χ0v) is 13.6. The van der Waals surface area contributed by atoms with Gasteiger partial charge >= 0.3 is 0 Å². The van der Waals surface area contributed by atoms with Crippen molar-refractivity contribution in [3.05, 3.63) is 39.4 Å². The summed E-state index contributed by atoms with van der Waals surface area (Å²) < 4.78 is 0. The first-order valence-electron chi connectivity index (χ1n) is 7.51. The molecule has 1 amide bonds. The standard InChI is InChI=1S/C16H20ClN3O2/c1-3-5-15(21)20(8-4-2)10-14-18-13-9-11(17)6-7-12(13)16(22)19-14/h6-7,9H,3-5,8,10H2,1-2H3,(H,18,19,22). The lowest BCUT2D eigenvalue weighted by Gasteiger charge is -2.21. The number of nitrogens with one attached hydrogen (secondary N) is 1. The van der Waals surface area contributed by atoms with Crippen molar-refractivity contribution < 1.29 is 4.79 Å². The number of nitrogens with zero attached hydrogens (tertiary/aromatic N) is 2. The minimum atomic E-state index is -0.212. The molecule has 1 heterocycles. The van der Waals surface area contributed by atoms with E-state index < -0.39 is 0 Å². The number of benzene rings is 1. The Hall–Kier alpha value is -1.88. The van der Waals surface area contributed by atoms with Crippen molar-refractivity contribution in [1.82, 2.24) is 14.9 Å². The van der Waals surface area contributed by atoms with Crippen molar-refractivity contribution in [1.29, 1.82) is 0 Å². The van der Waals surface area contributed by atoms with Crippen LogP contribution in [0.3, 0.4) is 0 Å². The second-order valence-corrected chi connectivity index (χ2v) is 5.68. The SMILES string of the molecule is CCCC(=O)N(CCC)Cc1nc2cc(Cl)ccc2c(=O)[nH]1. The number of H-pyrrole nitrogens is 1. The van der Waals surface area contributed by atoms with E-state index >= 15 is 0 Å². The number of aromatic nitrogens is 2. The third kappa shape index (κ3) is 3.85. The first-order chi connectivity index (χ1) is 10.5. The van der Waals surface area contributed by atoms with Crippen molar-refractivity contribution in [2.45, 2.75) is 39.7 Å². The molecule has 0 unspecified atom stereocenters. The molecule has 0 aliphatic carbocycles. The first-order valence-corrected chi connectivity index (χ1v) is 7.89. The molecule has 22 heavy (non-hydrogen) atoms. The highest BCUT2D eigenvalue weighted by Crippen LogP contribution is 2.15. The Morgan fingerprint density at radius 3 is 2.77 bits per heavy atom. The summed E-state index contributed by atoms with van der Waals surface area (Å²) in [4.78, 5) is 33.1. The van der Waals surface area contributed by atoms with Crippen LogP contribution in [0.25, 0.3) is 10.9 Å². The summed E-state index contributed by atoms with van der Waals surface area (Å²) in [7, 11) is 0. The van der Waals surface area contributed by atoms with Crippen LogP contribution >= 0.6 is 11.6 Å². The lowest BCUT2D eigenvalue weighted by molar-refractivity contribution is -0.132. The fourth-order valence-electron chi connectivity index (χ4n) is 2.35. The van der Waals surface area contributed by atoms with Crippen molar-refractivity contribution in [2.24, 2.45) is 0 Å². The van der Waals surface area contributed by atoms with E-state index in [1.807, 2.05) is 13.8 Å². The molecule has 0 fully saturated rings. The molecule has 0 aliphatic heterocycles. The monoisotopic (exact) mass is 321 g/mol. The molecule has 1 aromatic heterocycles. The van der Waals surface area contributed by atoms with Gasteiger partial charge in [0.25, 0.3) is 5.56 Å². The second-order valence-electron chi connectivity index (χ2n) is 5.24. The minimum absolute atomic E-state index is 0.0817. The maximum atomic E-state index is 12.1. The quantitative estimate of drug-likeness (QED) is 0.889. The third-order valence-corrected chi connectivity index (χ3v) is 3.60. The van der Waals surface area contributed by atoms with Crippen LogP contribution in [0.15, 0.2) is 23.0 Å². The summed E-state index contributed by atoms with van der Waals surface area (Å²) in [6.45, 7) is 4.95. The van der Waals surface area contributed by atoms with Crippen LogP contribution < -0.4 is 5.56 Å². The van der Waals surface area contributed by atoms with E-state index in [2.05, 4.69) is 9.97 Å². The first kappa shape index (κ1) is 16.5. The highest BCUT2D eigenvalue weighted by Gasteiger charge is 2.14. The Bertz CT molecular complexity index is 727. The Morgan fingerprint density at radius 2 is 2.09 bits per heavy atom. The van der Waals surface area contributed by atoms with Gasteiger partial charge in [-0.15, -0.1) is 0 Å². The van der Waals surface area contributed by atoms with Crippen molar-refractivity contribution in [2.75, 3.05) is 6.54 Å². The fraction of sp³-hybridized carbons (Fsp3) is 0.438. The number of carbonyl (C=O) groups is 1. The Morgan fingerprint density at radius 1 is 1.32 bits per heavy atom. The lowest BCUT2D eigenvalue weighted by atomic mass is 10.2. The van der Waals surface area contributed by atoms with E-state index in [0.717, 1.165) is 12.8 Å². The van der Waals surface area contributed by atoms with Crippen LogP contribution in [0.1, 0.15) is 38.9 Å². The van der Waals surface area contributed by atoms with Gasteiger partial charge in [0.2, 0.25) is 5.91 Å². The molecule has 0 saturated heterocycles. The largest absolute Gasteiger partial charge is 0.335 e. The zero-order chi connectivity index (χ0) is 16.1. The van der Waals surface area contributed by atoms with Crippen molar-refractivity contribution >= 4 is 28.4 Å². The molecular weight excluding hydrogens is 302 g/mol. The molecule has 2 aromatic rings. The molecule has 0 radical (unpaired) electrons. The Labute approximate surface area is 134 Å². The Kier molecular flexibility index (Phi) is 5.55. The lowest BCUT2D eigenvalue weighted by Crippen LogP contribution is -2.32. The summed E-state index contributed by atoms with van der Waals surface area (Å²) in [5, 5.41) is 1.03. The summed E-state index contributed by atoms with van der Waals surface area (Å²) in [6, 6.07) is 4.97. The van der Waals surface area contributed by atoms with Gasteiger partial charge in [-0.3, -0.25) is 9.59 Å². The molecule has 5 nitrogen and oxygen atoms in total. The number of hydrogen-bond donors (Lipinski definition) is 1. The third-order valence-electron chi connectivity index (χ3n) is 3.37. The van der Waals surface area contributed by atoms with Gasteiger partial charge in [-0.1, -0.05) is 25.4 Å². The van der Waals surface area contributed by atoms with Gasteiger partial charge in [0.05, 0.1) is 17.4 Å². The van der Waals surface area contributed by atoms with Gasteiger partial charge in [0.1, 0.15) is 5.82 Å². The molecule has 0 aliphatic rings. The molecule has 0 bridgehead atoms. The van der Waals surface area contributed by atoms with E-state index in [-0.39, 0.29) is 11.5 Å². The Balaban J connectivity index is 2.32.